The Balaban J connectivity index is 2.09. The Morgan fingerprint density at radius 3 is 3.13 bits per heavy atom. The average Bonchev–Trinajstić information content (AvgIpc) is 2.59. The predicted octanol–water partition coefficient (Wildman–Crippen LogP) is 2.20. The van der Waals surface area contributed by atoms with Gasteiger partial charge >= 0.3 is 0 Å². The molecule has 1 aliphatic heterocycles. The number of rotatable bonds is 4. The lowest BCUT2D eigenvalue weighted by Gasteiger charge is -2.09. The molecule has 0 radical (unpaired) electrons. The topological polar surface area (TPSA) is 24.1 Å². The van der Waals surface area contributed by atoms with Crippen LogP contribution in [0.5, 0.6) is 0 Å². The van der Waals surface area contributed by atoms with E-state index in [1.165, 1.54) is 36.1 Å². The second-order valence-electron chi connectivity index (χ2n) is 4.41. The van der Waals surface area contributed by atoms with Gasteiger partial charge in [-0.3, -0.25) is 0 Å². The molecule has 1 unspecified atom stereocenters. The summed E-state index contributed by atoms with van der Waals surface area (Å²) in [7, 11) is 2.01. The molecule has 0 fully saturated rings. The lowest BCUT2D eigenvalue weighted by molar-refractivity contribution is 0.725. The Hall–Kier alpha value is -1.02. The summed E-state index contributed by atoms with van der Waals surface area (Å²) in [5, 5.41) is 6.77. The number of nitrogens with one attached hydrogen (secondary N) is 2. The van der Waals surface area contributed by atoms with Gasteiger partial charge in [-0.25, -0.2) is 0 Å². The standard InChI is InChI=1S/C13H20N2/c1-10-9-12-6-3-5-11(13(12)15-10)7-4-8-14-2/h3,5-6,10,14-15H,4,7-9H2,1-2H3. The van der Waals surface area contributed by atoms with E-state index >= 15 is 0 Å². The Morgan fingerprint density at radius 1 is 1.47 bits per heavy atom. The summed E-state index contributed by atoms with van der Waals surface area (Å²) in [6, 6.07) is 7.28. The fourth-order valence-corrected chi connectivity index (χ4v) is 2.30. The van der Waals surface area contributed by atoms with E-state index < -0.39 is 0 Å². The van der Waals surface area contributed by atoms with Crippen molar-refractivity contribution in [1.29, 1.82) is 0 Å². The van der Waals surface area contributed by atoms with E-state index in [4.69, 9.17) is 0 Å². The van der Waals surface area contributed by atoms with Gasteiger partial charge < -0.3 is 10.6 Å². The molecule has 1 aliphatic rings. The molecular weight excluding hydrogens is 184 g/mol. The van der Waals surface area contributed by atoms with Crippen molar-refractivity contribution < 1.29 is 0 Å². The van der Waals surface area contributed by atoms with Crippen LogP contribution < -0.4 is 10.6 Å². The second kappa shape index (κ2) is 4.67. The van der Waals surface area contributed by atoms with Gasteiger partial charge in [0.15, 0.2) is 0 Å². The Kier molecular flexibility index (Phi) is 3.27. The van der Waals surface area contributed by atoms with Crippen molar-refractivity contribution in [3.05, 3.63) is 29.3 Å². The minimum atomic E-state index is 0.602. The quantitative estimate of drug-likeness (QED) is 0.735. The summed E-state index contributed by atoms with van der Waals surface area (Å²) in [6.07, 6.45) is 3.56. The van der Waals surface area contributed by atoms with Crippen molar-refractivity contribution in [2.45, 2.75) is 32.2 Å². The van der Waals surface area contributed by atoms with Crippen LogP contribution in [0.25, 0.3) is 0 Å². The summed E-state index contributed by atoms with van der Waals surface area (Å²) in [6.45, 7) is 3.34. The molecule has 0 bridgehead atoms. The monoisotopic (exact) mass is 204 g/mol. The smallest absolute Gasteiger partial charge is 0.0408 e. The highest BCUT2D eigenvalue weighted by atomic mass is 14.9. The van der Waals surface area contributed by atoms with Crippen molar-refractivity contribution in [3.8, 4) is 0 Å². The van der Waals surface area contributed by atoms with Gasteiger partial charge in [-0.1, -0.05) is 18.2 Å². The van der Waals surface area contributed by atoms with Crippen LogP contribution in [0.2, 0.25) is 0 Å². The Morgan fingerprint density at radius 2 is 2.33 bits per heavy atom. The maximum atomic E-state index is 3.57. The van der Waals surface area contributed by atoms with Crippen molar-refractivity contribution in [3.63, 3.8) is 0 Å². The fraction of sp³-hybridized carbons (Fsp3) is 0.538. The number of anilines is 1. The van der Waals surface area contributed by atoms with E-state index in [0.29, 0.717) is 6.04 Å². The lowest BCUT2D eigenvalue weighted by atomic mass is 10.0. The molecule has 2 N–H and O–H groups in total. The first-order valence-electron chi connectivity index (χ1n) is 5.83. The van der Waals surface area contributed by atoms with Crippen LogP contribution in [0.3, 0.4) is 0 Å². The Labute approximate surface area is 92.1 Å². The highest BCUT2D eigenvalue weighted by Gasteiger charge is 2.18. The second-order valence-corrected chi connectivity index (χ2v) is 4.41. The number of fused-ring (bicyclic) bond motifs is 1. The molecule has 2 heteroatoms. The van der Waals surface area contributed by atoms with Crippen molar-refractivity contribution in [2.24, 2.45) is 0 Å². The molecule has 1 atom stereocenters. The maximum Gasteiger partial charge on any atom is 0.0408 e. The van der Waals surface area contributed by atoms with E-state index in [9.17, 15) is 0 Å². The van der Waals surface area contributed by atoms with Crippen LogP contribution in [0.15, 0.2) is 18.2 Å². The normalized spacial score (nSPS) is 18.7. The molecule has 2 nitrogen and oxygen atoms in total. The lowest BCUT2D eigenvalue weighted by Crippen LogP contribution is -2.11. The number of para-hydroxylation sites is 1. The zero-order valence-electron chi connectivity index (χ0n) is 9.64. The highest BCUT2D eigenvalue weighted by Crippen LogP contribution is 2.29. The summed E-state index contributed by atoms with van der Waals surface area (Å²) in [5.74, 6) is 0. The maximum absolute atomic E-state index is 3.57. The molecule has 1 aromatic rings. The SMILES string of the molecule is CNCCCc1cccc2c1NC(C)C2. The zero-order chi connectivity index (χ0) is 10.7. The summed E-state index contributed by atoms with van der Waals surface area (Å²) in [4.78, 5) is 0. The van der Waals surface area contributed by atoms with Crippen LogP contribution in [0, 0.1) is 0 Å². The first-order valence-corrected chi connectivity index (χ1v) is 5.83. The van der Waals surface area contributed by atoms with E-state index in [1.54, 1.807) is 0 Å². The van der Waals surface area contributed by atoms with E-state index in [-0.39, 0.29) is 0 Å². The van der Waals surface area contributed by atoms with Crippen LogP contribution >= 0.6 is 0 Å². The molecule has 15 heavy (non-hydrogen) atoms. The molecule has 82 valence electrons. The van der Waals surface area contributed by atoms with Crippen LogP contribution in [0.4, 0.5) is 5.69 Å². The summed E-state index contributed by atoms with van der Waals surface area (Å²) >= 11 is 0. The first-order chi connectivity index (χ1) is 7.31. The van der Waals surface area contributed by atoms with E-state index in [0.717, 1.165) is 6.54 Å². The first kappa shape index (κ1) is 10.5. The van der Waals surface area contributed by atoms with Gasteiger partial charge in [0.25, 0.3) is 0 Å². The molecule has 0 aliphatic carbocycles. The van der Waals surface area contributed by atoms with Crippen molar-refractivity contribution in [2.75, 3.05) is 18.9 Å². The average molecular weight is 204 g/mol. The Bertz CT molecular complexity index is 333. The molecular formula is C13H20N2. The van der Waals surface area contributed by atoms with Crippen molar-refractivity contribution >= 4 is 5.69 Å². The third-order valence-electron chi connectivity index (χ3n) is 3.03. The van der Waals surface area contributed by atoms with E-state index in [2.05, 4.69) is 35.8 Å². The number of aryl methyl sites for hydroxylation is 1. The van der Waals surface area contributed by atoms with Crippen LogP contribution in [-0.4, -0.2) is 19.6 Å². The summed E-state index contributed by atoms with van der Waals surface area (Å²) in [5.41, 5.74) is 4.37. The number of benzene rings is 1. The molecule has 0 amide bonds. The number of hydrogen-bond acceptors (Lipinski definition) is 2. The van der Waals surface area contributed by atoms with Crippen molar-refractivity contribution in [1.82, 2.24) is 5.32 Å². The third-order valence-corrected chi connectivity index (χ3v) is 3.03. The highest BCUT2D eigenvalue weighted by molar-refractivity contribution is 5.62. The van der Waals surface area contributed by atoms with E-state index in [1.807, 2.05) is 7.05 Å². The molecule has 0 saturated heterocycles. The van der Waals surface area contributed by atoms with Crippen LogP contribution in [-0.2, 0) is 12.8 Å². The summed E-state index contributed by atoms with van der Waals surface area (Å²) < 4.78 is 0. The predicted molar refractivity (Wildman–Crippen MR) is 65.5 cm³/mol. The molecule has 1 aromatic carbocycles. The largest absolute Gasteiger partial charge is 0.382 e. The fourth-order valence-electron chi connectivity index (χ4n) is 2.30. The van der Waals surface area contributed by atoms with Gasteiger partial charge in [-0.2, -0.15) is 0 Å². The minimum absolute atomic E-state index is 0.602. The van der Waals surface area contributed by atoms with Gasteiger partial charge in [0.1, 0.15) is 0 Å². The van der Waals surface area contributed by atoms with Crippen LogP contribution in [0.1, 0.15) is 24.5 Å². The molecule has 0 saturated carbocycles. The minimum Gasteiger partial charge on any atom is -0.382 e. The van der Waals surface area contributed by atoms with Gasteiger partial charge in [0, 0.05) is 11.7 Å². The molecule has 0 spiro atoms. The third kappa shape index (κ3) is 2.32. The van der Waals surface area contributed by atoms with Gasteiger partial charge in [-0.05, 0) is 50.9 Å². The molecule has 0 aromatic heterocycles. The van der Waals surface area contributed by atoms with Gasteiger partial charge in [-0.15, -0.1) is 0 Å². The zero-order valence-corrected chi connectivity index (χ0v) is 9.64. The molecule has 1 heterocycles. The molecule has 2 rings (SSSR count). The number of hydrogen-bond donors (Lipinski definition) is 2. The van der Waals surface area contributed by atoms with Gasteiger partial charge in [0.2, 0.25) is 0 Å². The van der Waals surface area contributed by atoms with Gasteiger partial charge in [0.05, 0.1) is 0 Å².